The van der Waals surface area contributed by atoms with Gasteiger partial charge in [-0.2, -0.15) is 8.42 Å². The van der Waals surface area contributed by atoms with Crippen LogP contribution >= 0.6 is 0 Å². The van der Waals surface area contributed by atoms with Crippen molar-refractivity contribution in [3.8, 4) is 0 Å². The third-order valence-electron chi connectivity index (χ3n) is 10.6. The predicted octanol–water partition coefficient (Wildman–Crippen LogP) is 6.33. The van der Waals surface area contributed by atoms with Crippen LogP contribution in [0.2, 0.25) is 0 Å². The van der Waals surface area contributed by atoms with Gasteiger partial charge >= 0.3 is 10.4 Å². The van der Waals surface area contributed by atoms with Gasteiger partial charge in [0.05, 0.1) is 11.7 Å². The van der Waals surface area contributed by atoms with E-state index < -0.39 is 16.0 Å². The molecule has 0 radical (unpaired) electrons. The highest BCUT2D eigenvalue weighted by molar-refractivity contribution is 7.80. The summed E-state index contributed by atoms with van der Waals surface area (Å²) in [6, 6.07) is 0. The quantitative estimate of drug-likeness (QED) is 0.327. The van der Waals surface area contributed by atoms with Crippen LogP contribution in [0.25, 0.3) is 0 Å². The Morgan fingerprint density at radius 2 is 1.88 bits per heavy atom. The fourth-order valence-corrected chi connectivity index (χ4v) is 9.65. The topological polar surface area (TPSA) is 83.8 Å². The zero-order chi connectivity index (χ0) is 24.2. The van der Waals surface area contributed by atoms with Crippen molar-refractivity contribution < 1.29 is 22.3 Å². The van der Waals surface area contributed by atoms with Crippen molar-refractivity contribution in [3.05, 3.63) is 11.6 Å². The van der Waals surface area contributed by atoms with Crippen LogP contribution in [-0.2, 0) is 14.6 Å². The number of fused-ring (bicyclic) bond motifs is 5. The van der Waals surface area contributed by atoms with Crippen LogP contribution in [0.4, 0.5) is 0 Å². The van der Waals surface area contributed by atoms with Gasteiger partial charge in [-0.3, -0.25) is 4.55 Å². The van der Waals surface area contributed by atoms with Gasteiger partial charge in [0.1, 0.15) is 0 Å². The number of aliphatic hydroxyl groups excluding tert-OH is 1. The van der Waals surface area contributed by atoms with Crippen molar-refractivity contribution in [1.29, 1.82) is 0 Å². The fraction of sp³-hybridized carbons (Fsp3) is 0.926. The van der Waals surface area contributed by atoms with Crippen molar-refractivity contribution >= 4 is 10.4 Å². The maximum absolute atomic E-state index is 11.1. The Kier molecular flexibility index (Phi) is 6.92. The van der Waals surface area contributed by atoms with Gasteiger partial charge in [-0.1, -0.05) is 45.3 Å². The van der Waals surface area contributed by atoms with Crippen molar-refractivity contribution in [2.24, 2.45) is 40.4 Å². The van der Waals surface area contributed by atoms with E-state index in [-0.39, 0.29) is 6.10 Å². The SMILES string of the molecule is C[C@H](CCCC(C)(C)OS(=O)(=O)O)[C@H]1CC[C@H]2[C@@H]3CC=C4C[C@@H](O)CC[C@]4(C)[C@H]3CC[C@]12C. The van der Waals surface area contributed by atoms with Gasteiger partial charge < -0.3 is 5.11 Å². The smallest absolute Gasteiger partial charge is 0.393 e. The summed E-state index contributed by atoms with van der Waals surface area (Å²) in [6.07, 6.45) is 14.4. The molecule has 190 valence electrons. The Labute approximate surface area is 201 Å². The molecule has 33 heavy (non-hydrogen) atoms. The molecule has 4 rings (SSSR count). The zero-order valence-corrected chi connectivity index (χ0v) is 22.2. The molecule has 0 spiro atoms. The van der Waals surface area contributed by atoms with Crippen LogP contribution in [-0.4, -0.2) is 29.8 Å². The summed E-state index contributed by atoms with van der Waals surface area (Å²) in [5.74, 6) is 3.68. The summed E-state index contributed by atoms with van der Waals surface area (Å²) in [5, 5.41) is 10.2. The molecule has 0 saturated heterocycles. The molecule has 8 atom stereocenters. The molecule has 2 N–H and O–H groups in total. The molecule has 0 amide bonds. The minimum Gasteiger partial charge on any atom is -0.393 e. The Morgan fingerprint density at radius 1 is 1.15 bits per heavy atom. The molecule has 0 unspecified atom stereocenters. The molecule has 0 aromatic carbocycles. The summed E-state index contributed by atoms with van der Waals surface area (Å²) in [7, 11) is -4.42. The van der Waals surface area contributed by atoms with Crippen molar-refractivity contribution in [2.75, 3.05) is 0 Å². The predicted molar refractivity (Wildman–Crippen MR) is 131 cm³/mol. The number of hydrogen-bond acceptors (Lipinski definition) is 4. The number of aliphatic hydroxyl groups is 1. The van der Waals surface area contributed by atoms with Gasteiger partial charge in [-0.25, -0.2) is 4.18 Å². The summed E-state index contributed by atoms with van der Waals surface area (Å²) in [6.45, 7) is 10.9. The maximum atomic E-state index is 11.1. The number of allylic oxidation sites excluding steroid dienone is 1. The third-order valence-corrected chi connectivity index (χ3v) is 11.3. The average molecular weight is 483 g/mol. The average Bonchev–Trinajstić information content (AvgIpc) is 3.03. The van der Waals surface area contributed by atoms with E-state index in [1.54, 1.807) is 19.4 Å². The van der Waals surface area contributed by atoms with E-state index in [9.17, 15) is 13.5 Å². The van der Waals surface area contributed by atoms with Crippen molar-refractivity contribution in [2.45, 2.75) is 117 Å². The molecule has 5 nitrogen and oxygen atoms in total. The van der Waals surface area contributed by atoms with Crippen LogP contribution in [0.1, 0.15) is 105 Å². The van der Waals surface area contributed by atoms with E-state index in [1.807, 2.05) is 0 Å². The minimum atomic E-state index is -4.42. The lowest BCUT2D eigenvalue weighted by Crippen LogP contribution is -2.50. The molecule has 0 bridgehead atoms. The second-order valence-electron chi connectivity index (χ2n) is 13.0. The van der Waals surface area contributed by atoms with E-state index >= 15 is 0 Å². The highest BCUT2D eigenvalue weighted by Crippen LogP contribution is 2.67. The largest absolute Gasteiger partial charge is 0.397 e. The van der Waals surface area contributed by atoms with E-state index in [2.05, 4.69) is 26.8 Å². The third kappa shape index (κ3) is 4.96. The van der Waals surface area contributed by atoms with Crippen LogP contribution in [0, 0.1) is 40.4 Å². The lowest BCUT2D eigenvalue weighted by Gasteiger charge is -2.58. The standard InChI is InChI=1S/C27H46O5S/c1-18(7-6-14-25(2,3)32-33(29,30)31)22-10-11-23-21-9-8-19-17-20(28)12-15-26(19,4)24(21)13-16-27(22,23)5/h8,18,20-24,28H,6-7,9-17H2,1-5H3,(H,29,30,31)/t18-,20+,21+,22-,23+,24+,26+,27-/m1/s1. The maximum Gasteiger partial charge on any atom is 0.397 e. The molecule has 0 heterocycles. The first-order valence-electron chi connectivity index (χ1n) is 13.3. The molecule has 0 aromatic rings. The minimum absolute atomic E-state index is 0.140. The first kappa shape index (κ1) is 25.7. The summed E-state index contributed by atoms with van der Waals surface area (Å²) >= 11 is 0. The molecule has 0 aliphatic heterocycles. The van der Waals surface area contributed by atoms with E-state index in [4.69, 9.17) is 8.74 Å². The second kappa shape index (κ2) is 8.90. The fourth-order valence-electron chi connectivity index (χ4n) is 8.99. The molecule has 3 saturated carbocycles. The van der Waals surface area contributed by atoms with Gasteiger partial charge in [-0.05, 0) is 112 Å². The Hall–Kier alpha value is -0.430. The Bertz CT molecular complexity index is 864. The zero-order valence-electron chi connectivity index (χ0n) is 21.3. The first-order valence-corrected chi connectivity index (χ1v) is 14.7. The van der Waals surface area contributed by atoms with E-state index in [1.165, 1.54) is 32.1 Å². The number of rotatable bonds is 7. The molecule has 4 aliphatic rings. The molecular weight excluding hydrogens is 436 g/mol. The van der Waals surface area contributed by atoms with Gasteiger partial charge in [0, 0.05) is 0 Å². The van der Waals surface area contributed by atoms with Crippen LogP contribution in [0.15, 0.2) is 11.6 Å². The first-order chi connectivity index (χ1) is 15.3. The van der Waals surface area contributed by atoms with Gasteiger partial charge in [0.25, 0.3) is 0 Å². The molecule has 4 aliphatic carbocycles. The van der Waals surface area contributed by atoms with Gasteiger partial charge in [-0.15, -0.1) is 0 Å². The summed E-state index contributed by atoms with van der Waals surface area (Å²) in [5.41, 5.74) is 1.37. The lowest BCUT2D eigenvalue weighted by molar-refractivity contribution is -0.0574. The number of hydrogen-bond donors (Lipinski definition) is 2. The normalized spacial score (nSPS) is 42.2. The monoisotopic (exact) mass is 482 g/mol. The molecule has 6 heteroatoms. The Morgan fingerprint density at radius 3 is 2.58 bits per heavy atom. The van der Waals surface area contributed by atoms with Crippen molar-refractivity contribution in [3.63, 3.8) is 0 Å². The highest BCUT2D eigenvalue weighted by Gasteiger charge is 2.59. The Balaban J connectivity index is 1.40. The van der Waals surface area contributed by atoms with Crippen LogP contribution in [0.3, 0.4) is 0 Å². The van der Waals surface area contributed by atoms with Gasteiger partial charge in [0.15, 0.2) is 0 Å². The summed E-state index contributed by atoms with van der Waals surface area (Å²) in [4.78, 5) is 0. The van der Waals surface area contributed by atoms with E-state index in [0.717, 1.165) is 55.8 Å². The molecule has 0 aromatic heterocycles. The van der Waals surface area contributed by atoms with Crippen molar-refractivity contribution in [1.82, 2.24) is 0 Å². The summed E-state index contributed by atoms with van der Waals surface area (Å²) < 4.78 is 36.1. The molecular formula is C27H46O5S. The van der Waals surface area contributed by atoms with Crippen LogP contribution < -0.4 is 0 Å². The molecule has 3 fully saturated rings. The van der Waals surface area contributed by atoms with Gasteiger partial charge in [0.2, 0.25) is 0 Å². The van der Waals surface area contributed by atoms with Crippen LogP contribution in [0.5, 0.6) is 0 Å². The lowest BCUT2D eigenvalue weighted by atomic mass is 9.47. The highest BCUT2D eigenvalue weighted by atomic mass is 32.3. The second-order valence-corrected chi connectivity index (χ2v) is 14.0. The van der Waals surface area contributed by atoms with E-state index in [0.29, 0.717) is 23.2 Å².